The lowest BCUT2D eigenvalue weighted by molar-refractivity contribution is -0.152. The topological polar surface area (TPSA) is 72.5 Å². The summed E-state index contributed by atoms with van der Waals surface area (Å²) in [4.78, 5) is 35.8. The number of ketones is 1. The summed E-state index contributed by atoms with van der Waals surface area (Å²) >= 11 is 0. The number of nitrogens with one attached hydrogen (secondary N) is 1. The summed E-state index contributed by atoms with van der Waals surface area (Å²) in [5.41, 5.74) is 2.74. The summed E-state index contributed by atoms with van der Waals surface area (Å²) in [6, 6.07) is 14.2. The fourth-order valence-corrected chi connectivity index (χ4v) is 2.30. The smallest absolute Gasteiger partial charge is 0.311 e. The minimum atomic E-state index is -0.960. The molecule has 2 aromatic carbocycles. The van der Waals surface area contributed by atoms with Crippen LogP contribution in [0.3, 0.4) is 0 Å². The zero-order valence-corrected chi connectivity index (χ0v) is 14.5. The van der Waals surface area contributed by atoms with Crippen molar-refractivity contribution in [1.29, 1.82) is 0 Å². The molecule has 0 saturated heterocycles. The molecule has 0 saturated carbocycles. The van der Waals surface area contributed by atoms with Crippen LogP contribution in [0.2, 0.25) is 0 Å². The van der Waals surface area contributed by atoms with Crippen molar-refractivity contribution in [3.8, 4) is 0 Å². The van der Waals surface area contributed by atoms with Crippen LogP contribution in [0.15, 0.2) is 48.5 Å². The second-order valence-corrected chi connectivity index (χ2v) is 5.89. The zero-order chi connectivity index (χ0) is 18.4. The zero-order valence-electron chi connectivity index (χ0n) is 14.5. The molecule has 5 nitrogen and oxygen atoms in total. The fraction of sp³-hybridized carbons (Fsp3) is 0.250. The van der Waals surface area contributed by atoms with E-state index in [0.29, 0.717) is 11.3 Å². The van der Waals surface area contributed by atoms with Gasteiger partial charge in [0.05, 0.1) is 12.1 Å². The van der Waals surface area contributed by atoms with Gasteiger partial charge in [-0.15, -0.1) is 0 Å². The van der Waals surface area contributed by atoms with Crippen molar-refractivity contribution in [3.63, 3.8) is 0 Å². The third kappa shape index (κ3) is 5.28. The largest absolute Gasteiger partial charge is 0.452 e. The van der Waals surface area contributed by atoms with Gasteiger partial charge in [-0.05, 0) is 38.5 Å². The first kappa shape index (κ1) is 18.4. The molecule has 0 aliphatic rings. The van der Waals surface area contributed by atoms with Crippen LogP contribution >= 0.6 is 0 Å². The lowest BCUT2D eigenvalue weighted by atomic mass is 10.1. The van der Waals surface area contributed by atoms with Crippen molar-refractivity contribution in [3.05, 3.63) is 65.2 Å². The average Bonchev–Trinajstić information content (AvgIpc) is 2.57. The third-order valence-corrected chi connectivity index (χ3v) is 3.71. The van der Waals surface area contributed by atoms with Gasteiger partial charge in [-0.2, -0.15) is 0 Å². The van der Waals surface area contributed by atoms with Gasteiger partial charge in [0.1, 0.15) is 0 Å². The summed E-state index contributed by atoms with van der Waals surface area (Å²) < 4.78 is 5.18. The van der Waals surface area contributed by atoms with Crippen molar-refractivity contribution in [1.82, 2.24) is 0 Å². The molecule has 1 N–H and O–H groups in total. The third-order valence-electron chi connectivity index (χ3n) is 3.71. The van der Waals surface area contributed by atoms with Crippen molar-refractivity contribution < 1.29 is 19.1 Å². The average molecular weight is 339 g/mol. The van der Waals surface area contributed by atoms with E-state index >= 15 is 0 Å². The predicted molar refractivity (Wildman–Crippen MR) is 95.5 cm³/mol. The van der Waals surface area contributed by atoms with Crippen LogP contribution < -0.4 is 5.32 Å². The molecule has 0 bridgehead atoms. The number of hydrogen-bond donors (Lipinski definition) is 1. The van der Waals surface area contributed by atoms with E-state index in [1.54, 1.807) is 24.3 Å². The van der Waals surface area contributed by atoms with Gasteiger partial charge in [0, 0.05) is 5.56 Å². The number of anilines is 1. The second kappa shape index (κ2) is 8.24. The molecule has 0 radical (unpaired) electrons. The Labute approximate surface area is 147 Å². The van der Waals surface area contributed by atoms with Crippen LogP contribution in [0.1, 0.15) is 35.3 Å². The van der Waals surface area contributed by atoms with Crippen LogP contribution in [0.25, 0.3) is 0 Å². The molecule has 2 rings (SSSR count). The molecule has 0 aliphatic heterocycles. The molecular formula is C20H21NO4. The summed E-state index contributed by atoms with van der Waals surface area (Å²) in [5, 5.41) is 2.63. The van der Waals surface area contributed by atoms with Crippen molar-refractivity contribution >= 4 is 23.3 Å². The van der Waals surface area contributed by atoms with E-state index in [4.69, 9.17) is 4.74 Å². The van der Waals surface area contributed by atoms with Crippen LogP contribution in [0.5, 0.6) is 0 Å². The Bertz CT molecular complexity index is 781. The van der Waals surface area contributed by atoms with Gasteiger partial charge in [-0.25, -0.2) is 0 Å². The normalized spacial score (nSPS) is 11.5. The molecule has 0 aromatic heterocycles. The van der Waals surface area contributed by atoms with E-state index in [2.05, 4.69) is 5.32 Å². The Balaban J connectivity index is 1.95. The Morgan fingerprint density at radius 1 is 1.04 bits per heavy atom. The van der Waals surface area contributed by atoms with E-state index in [1.165, 1.54) is 13.8 Å². The highest BCUT2D eigenvalue weighted by molar-refractivity contribution is 6.04. The Morgan fingerprint density at radius 3 is 2.32 bits per heavy atom. The number of amides is 1. The molecule has 0 spiro atoms. The number of hydrogen-bond acceptors (Lipinski definition) is 4. The Kier molecular flexibility index (Phi) is 6.06. The van der Waals surface area contributed by atoms with Gasteiger partial charge in [0.25, 0.3) is 5.91 Å². The van der Waals surface area contributed by atoms with Gasteiger partial charge in [-0.1, -0.05) is 42.0 Å². The number of rotatable bonds is 6. The minimum absolute atomic E-state index is 0.0991. The highest BCUT2D eigenvalue weighted by Gasteiger charge is 2.19. The summed E-state index contributed by atoms with van der Waals surface area (Å²) in [6.07, 6.45) is -0.861. The van der Waals surface area contributed by atoms with Crippen LogP contribution in [0.4, 0.5) is 5.69 Å². The molecule has 130 valence electrons. The highest BCUT2D eigenvalue weighted by atomic mass is 16.5. The predicted octanol–water partition coefficient (Wildman–Crippen LogP) is 3.31. The van der Waals surface area contributed by atoms with Gasteiger partial charge in [-0.3, -0.25) is 14.4 Å². The van der Waals surface area contributed by atoms with Crippen LogP contribution in [-0.4, -0.2) is 23.8 Å². The van der Waals surface area contributed by atoms with E-state index in [1.807, 2.05) is 31.2 Å². The summed E-state index contributed by atoms with van der Waals surface area (Å²) in [6.45, 7) is 4.89. The Hall–Kier alpha value is -2.95. The van der Waals surface area contributed by atoms with Crippen LogP contribution in [-0.2, 0) is 20.7 Å². The van der Waals surface area contributed by atoms with Gasteiger partial charge in [0.15, 0.2) is 11.9 Å². The Morgan fingerprint density at radius 2 is 1.68 bits per heavy atom. The molecule has 0 heterocycles. The number of esters is 1. The molecule has 25 heavy (non-hydrogen) atoms. The number of aryl methyl sites for hydroxylation is 1. The molecule has 0 aliphatic carbocycles. The number of Topliss-reactive ketones (excluding diaryl/α,β-unsaturated/α-hetero) is 1. The standard InChI is InChI=1S/C20H21NO4/c1-13-8-10-16(11-9-13)12-19(23)25-15(3)20(24)21-18-7-5-4-6-17(18)14(2)22/h4-11,15H,12H2,1-3H3,(H,21,24)/t15-/m1/s1. The lowest BCUT2D eigenvalue weighted by Gasteiger charge is -2.15. The van der Waals surface area contributed by atoms with Gasteiger partial charge < -0.3 is 10.1 Å². The molecule has 1 atom stereocenters. The first-order valence-corrected chi connectivity index (χ1v) is 8.02. The summed E-state index contributed by atoms with van der Waals surface area (Å²) in [5.74, 6) is -1.11. The number of carbonyl (C=O) groups is 3. The highest BCUT2D eigenvalue weighted by Crippen LogP contribution is 2.16. The monoisotopic (exact) mass is 339 g/mol. The number of carbonyl (C=O) groups excluding carboxylic acids is 3. The molecule has 2 aromatic rings. The number of ether oxygens (including phenoxy) is 1. The first-order valence-electron chi connectivity index (χ1n) is 8.02. The molecule has 5 heteroatoms. The first-order chi connectivity index (χ1) is 11.9. The molecule has 0 unspecified atom stereocenters. The van der Waals surface area contributed by atoms with Crippen LogP contribution in [0, 0.1) is 6.92 Å². The number of benzene rings is 2. The minimum Gasteiger partial charge on any atom is -0.452 e. The summed E-state index contributed by atoms with van der Waals surface area (Å²) in [7, 11) is 0. The maximum Gasteiger partial charge on any atom is 0.311 e. The fourth-order valence-electron chi connectivity index (χ4n) is 2.30. The lowest BCUT2D eigenvalue weighted by Crippen LogP contribution is -2.31. The molecule has 1 amide bonds. The second-order valence-electron chi connectivity index (χ2n) is 5.89. The van der Waals surface area contributed by atoms with Crippen molar-refractivity contribution in [2.24, 2.45) is 0 Å². The quantitative estimate of drug-likeness (QED) is 0.647. The SMILES string of the molecule is CC(=O)c1ccccc1NC(=O)[C@@H](C)OC(=O)Cc1ccc(C)cc1. The van der Waals surface area contributed by atoms with E-state index in [0.717, 1.165) is 11.1 Å². The van der Waals surface area contributed by atoms with E-state index < -0.39 is 18.0 Å². The maximum atomic E-state index is 12.2. The van der Waals surface area contributed by atoms with Crippen molar-refractivity contribution in [2.45, 2.75) is 33.3 Å². The molecular weight excluding hydrogens is 318 g/mol. The molecule has 0 fully saturated rings. The van der Waals surface area contributed by atoms with Gasteiger partial charge >= 0.3 is 5.97 Å². The van der Waals surface area contributed by atoms with E-state index in [-0.39, 0.29) is 12.2 Å². The van der Waals surface area contributed by atoms with E-state index in [9.17, 15) is 14.4 Å². The van der Waals surface area contributed by atoms with Crippen molar-refractivity contribution in [2.75, 3.05) is 5.32 Å². The van der Waals surface area contributed by atoms with Gasteiger partial charge in [0.2, 0.25) is 0 Å². The number of para-hydroxylation sites is 1. The maximum absolute atomic E-state index is 12.2.